The molecular weight excluding hydrogens is 262 g/mol. The van der Waals surface area contributed by atoms with Crippen molar-refractivity contribution in [1.82, 2.24) is 4.90 Å². The third-order valence-corrected chi connectivity index (χ3v) is 4.03. The van der Waals surface area contributed by atoms with Crippen LogP contribution in [0.2, 0.25) is 0 Å². The van der Waals surface area contributed by atoms with E-state index in [1.165, 1.54) is 12.8 Å². The fourth-order valence-electron chi connectivity index (χ4n) is 3.16. The highest BCUT2D eigenvalue weighted by molar-refractivity contribution is 5.85. The van der Waals surface area contributed by atoms with Gasteiger partial charge in [0.1, 0.15) is 6.61 Å². The first-order valence-electron chi connectivity index (χ1n) is 6.50. The molecule has 0 aromatic rings. The SMILES string of the molecule is Cl.NC1CCCC2CN(CCOCC(F)F)CC12. The number of nitrogens with zero attached hydrogens (tertiary/aromatic N) is 1. The van der Waals surface area contributed by atoms with Crippen LogP contribution >= 0.6 is 12.4 Å². The van der Waals surface area contributed by atoms with E-state index < -0.39 is 13.0 Å². The monoisotopic (exact) mass is 284 g/mol. The van der Waals surface area contributed by atoms with Crippen molar-refractivity contribution in [2.45, 2.75) is 31.7 Å². The number of nitrogens with two attached hydrogens (primary N) is 1. The Hall–Kier alpha value is 0.0300. The van der Waals surface area contributed by atoms with Crippen LogP contribution in [0.5, 0.6) is 0 Å². The molecule has 1 aliphatic heterocycles. The fourth-order valence-corrected chi connectivity index (χ4v) is 3.16. The van der Waals surface area contributed by atoms with Gasteiger partial charge in [-0.15, -0.1) is 12.4 Å². The van der Waals surface area contributed by atoms with Gasteiger partial charge in [0.15, 0.2) is 0 Å². The van der Waals surface area contributed by atoms with Crippen molar-refractivity contribution >= 4 is 12.4 Å². The molecule has 0 radical (unpaired) electrons. The Balaban J connectivity index is 0.00000162. The summed E-state index contributed by atoms with van der Waals surface area (Å²) in [6.45, 7) is 2.80. The molecule has 1 saturated carbocycles. The molecule has 3 atom stereocenters. The number of likely N-dealkylation sites (tertiary alicyclic amines) is 1. The van der Waals surface area contributed by atoms with Crippen LogP contribution in [0.3, 0.4) is 0 Å². The van der Waals surface area contributed by atoms with Gasteiger partial charge in [0, 0.05) is 25.7 Å². The fraction of sp³-hybridized carbons (Fsp3) is 1.00. The van der Waals surface area contributed by atoms with Crippen LogP contribution < -0.4 is 5.73 Å². The van der Waals surface area contributed by atoms with E-state index in [-0.39, 0.29) is 12.4 Å². The summed E-state index contributed by atoms with van der Waals surface area (Å²) < 4.78 is 28.7. The van der Waals surface area contributed by atoms with E-state index in [1.807, 2.05) is 0 Å². The van der Waals surface area contributed by atoms with Crippen LogP contribution in [-0.2, 0) is 4.74 Å². The van der Waals surface area contributed by atoms with E-state index in [9.17, 15) is 8.78 Å². The molecule has 0 spiro atoms. The molecule has 2 aliphatic rings. The van der Waals surface area contributed by atoms with Gasteiger partial charge >= 0.3 is 0 Å². The first-order valence-corrected chi connectivity index (χ1v) is 6.50. The highest BCUT2D eigenvalue weighted by atomic mass is 35.5. The first-order chi connectivity index (χ1) is 8.16. The lowest BCUT2D eigenvalue weighted by Gasteiger charge is -2.29. The quantitative estimate of drug-likeness (QED) is 0.782. The summed E-state index contributed by atoms with van der Waals surface area (Å²) in [5.74, 6) is 1.33. The number of ether oxygens (including phenoxy) is 1. The maximum Gasteiger partial charge on any atom is 0.261 e. The van der Waals surface area contributed by atoms with Gasteiger partial charge in [0.2, 0.25) is 0 Å². The van der Waals surface area contributed by atoms with E-state index in [1.54, 1.807) is 0 Å². The topological polar surface area (TPSA) is 38.5 Å². The summed E-state index contributed by atoms with van der Waals surface area (Å²) in [6.07, 6.45) is 1.28. The molecule has 1 saturated heterocycles. The van der Waals surface area contributed by atoms with Crippen LogP contribution in [0.1, 0.15) is 19.3 Å². The number of alkyl halides is 2. The van der Waals surface area contributed by atoms with Crippen LogP contribution in [0.25, 0.3) is 0 Å². The molecule has 0 aromatic carbocycles. The van der Waals surface area contributed by atoms with Crippen LogP contribution in [0.15, 0.2) is 0 Å². The van der Waals surface area contributed by atoms with E-state index >= 15 is 0 Å². The molecule has 0 amide bonds. The van der Waals surface area contributed by atoms with Crippen molar-refractivity contribution in [2.75, 3.05) is 32.8 Å². The maximum atomic E-state index is 11.9. The molecule has 1 aliphatic carbocycles. The van der Waals surface area contributed by atoms with Crippen molar-refractivity contribution in [3.05, 3.63) is 0 Å². The summed E-state index contributed by atoms with van der Waals surface area (Å²) in [5, 5.41) is 0. The summed E-state index contributed by atoms with van der Waals surface area (Å²) in [7, 11) is 0. The Kier molecular flexibility index (Phi) is 6.77. The number of rotatable bonds is 5. The molecule has 0 aromatic heterocycles. The number of hydrogen-bond acceptors (Lipinski definition) is 3. The molecule has 3 unspecified atom stereocenters. The highest BCUT2D eigenvalue weighted by Gasteiger charge is 2.38. The Morgan fingerprint density at radius 3 is 2.72 bits per heavy atom. The van der Waals surface area contributed by atoms with E-state index in [4.69, 9.17) is 10.5 Å². The molecule has 3 nitrogen and oxygen atoms in total. The van der Waals surface area contributed by atoms with Gasteiger partial charge in [-0.2, -0.15) is 0 Å². The van der Waals surface area contributed by atoms with Gasteiger partial charge in [-0.05, 0) is 24.7 Å². The minimum absolute atomic E-state index is 0. The second kappa shape index (κ2) is 7.58. The largest absolute Gasteiger partial charge is 0.374 e. The lowest BCUT2D eigenvalue weighted by atomic mass is 9.78. The second-order valence-corrected chi connectivity index (χ2v) is 5.24. The summed E-state index contributed by atoms with van der Waals surface area (Å²) >= 11 is 0. The summed E-state index contributed by atoms with van der Waals surface area (Å²) in [4.78, 5) is 2.31. The lowest BCUT2D eigenvalue weighted by Crippen LogP contribution is -2.38. The third-order valence-electron chi connectivity index (χ3n) is 4.03. The van der Waals surface area contributed by atoms with Gasteiger partial charge in [-0.25, -0.2) is 8.78 Å². The Labute approximate surface area is 113 Å². The summed E-state index contributed by atoms with van der Waals surface area (Å²) in [6, 6.07) is 0.334. The highest BCUT2D eigenvalue weighted by Crippen LogP contribution is 2.35. The van der Waals surface area contributed by atoms with Gasteiger partial charge < -0.3 is 15.4 Å². The minimum Gasteiger partial charge on any atom is -0.374 e. The van der Waals surface area contributed by atoms with E-state index in [0.29, 0.717) is 24.5 Å². The van der Waals surface area contributed by atoms with Crippen molar-refractivity contribution in [3.63, 3.8) is 0 Å². The molecule has 18 heavy (non-hydrogen) atoms. The maximum absolute atomic E-state index is 11.9. The Morgan fingerprint density at radius 1 is 1.28 bits per heavy atom. The average molecular weight is 285 g/mol. The first kappa shape index (κ1) is 16.1. The van der Waals surface area contributed by atoms with Gasteiger partial charge in [0.25, 0.3) is 6.43 Å². The Bertz CT molecular complexity index is 246. The molecule has 1 heterocycles. The standard InChI is InChI=1S/C12H22F2N2O.ClH/c13-12(14)8-17-5-4-16-6-9-2-1-3-11(15)10(9)7-16;/h9-12H,1-8,15H2;1H. The van der Waals surface area contributed by atoms with Crippen molar-refractivity contribution < 1.29 is 13.5 Å². The smallest absolute Gasteiger partial charge is 0.261 e. The predicted octanol–water partition coefficient (Wildman–Crippen LogP) is 1.75. The van der Waals surface area contributed by atoms with Crippen LogP contribution in [-0.4, -0.2) is 50.2 Å². The zero-order valence-corrected chi connectivity index (χ0v) is 11.4. The molecule has 2 fully saturated rings. The molecule has 0 bridgehead atoms. The normalized spacial score (nSPS) is 32.3. The van der Waals surface area contributed by atoms with Gasteiger partial charge in [0.05, 0.1) is 6.61 Å². The molecule has 6 heteroatoms. The number of hydrogen-bond donors (Lipinski definition) is 1. The summed E-state index contributed by atoms with van der Waals surface area (Å²) in [5.41, 5.74) is 6.12. The second-order valence-electron chi connectivity index (χ2n) is 5.24. The lowest BCUT2D eigenvalue weighted by molar-refractivity contribution is 0.0111. The van der Waals surface area contributed by atoms with E-state index in [2.05, 4.69) is 4.90 Å². The van der Waals surface area contributed by atoms with Gasteiger partial charge in [-0.3, -0.25) is 0 Å². The average Bonchev–Trinajstić information content (AvgIpc) is 2.69. The minimum atomic E-state index is -2.36. The number of halogens is 3. The molecule has 2 rings (SSSR count). The molecular formula is C12H23ClF2N2O. The van der Waals surface area contributed by atoms with E-state index in [0.717, 1.165) is 26.1 Å². The van der Waals surface area contributed by atoms with Crippen molar-refractivity contribution in [1.29, 1.82) is 0 Å². The Morgan fingerprint density at radius 2 is 2.06 bits per heavy atom. The molecule has 2 N–H and O–H groups in total. The predicted molar refractivity (Wildman–Crippen MR) is 69.3 cm³/mol. The third kappa shape index (κ3) is 4.30. The van der Waals surface area contributed by atoms with Crippen molar-refractivity contribution in [2.24, 2.45) is 17.6 Å². The van der Waals surface area contributed by atoms with Crippen LogP contribution in [0, 0.1) is 11.8 Å². The van der Waals surface area contributed by atoms with Crippen LogP contribution in [0.4, 0.5) is 8.78 Å². The zero-order chi connectivity index (χ0) is 12.3. The van der Waals surface area contributed by atoms with Crippen molar-refractivity contribution in [3.8, 4) is 0 Å². The number of fused-ring (bicyclic) bond motifs is 1. The molecule has 108 valence electrons. The van der Waals surface area contributed by atoms with Gasteiger partial charge in [-0.1, -0.05) is 6.42 Å². The zero-order valence-electron chi connectivity index (χ0n) is 10.6.